The van der Waals surface area contributed by atoms with Crippen LogP contribution in [-0.2, 0) is 6.42 Å². The van der Waals surface area contributed by atoms with E-state index in [-0.39, 0.29) is 0 Å². The van der Waals surface area contributed by atoms with Gasteiger partial charge in [0.25, 0.3) is 0 Å². The van der Waals surface area contributed by atoms with Crippen molar-refractivity contribution in [3.05, 3.63) is 35.4 Å². The molecule has 0 saturated carbocycles. The van der Waals surface area contributed by atoms with Crippen molar-refractivity contribution in [2.75, 3.05) is 6.54 Å². The molecule has 1 aromatic rings. The molecule has 2 rings (SSSR count). The molecule has 0 aromatic heterocycles. The Balaban J connectivity index is 1.94. The SMILES string of the molecule is CCCNC(CC1Cc2ccccc21)C(C)CC. The van der Waals surface area contributed by atoms with E-state index in [1.54, 1.807) is 11.1 Å². The van der Waals surface area contributed by atoms with Gasteiger partial charge >= 0.3 is 0 Å². The smallest absolute Gasteiger partial charge is 0.00985 e. The molecule has 0 bridgehead atoms. The summed E-state index contributed by atoms with van der Waals surface area (Å²) in [4.78, 5) is 0. The van der Waals surface area contributed by atoms with Crippen LogP contribution in [0.15, 0.2) is 24.3 Å². The lowest BCUT2D eigenvalue weighted by atomic mass is 9.73. The van der Waals surface area contributed by atoms with Gasteiger partial charge in [0.05, 0.1) is 0 Å². The highest BCUT2D eigenvalue weighted by molar-refractivity contribution is 5.39. The van der Waals surface area contributed by atoms with E-state index in [1.165, 1.54) is 25.7 Å². The molecular weight excluding hydrogens is 218 g/mol. The summed E-state index contributed by atoms with van der Waals surface area (Å²) in [6, 6.07) is 9.63. The van der Waals surface area contributed by atoms with Crippen molar-refractivity contribution in [1.29, 1.82) is 0 Å². The van der Waals surface area contributed by atoms with Gasteiger partial charge < -0.3 is 5.32 Å². The van der Waals surface area contributed by atoms with Crippen LogP contribution in [0.1, 0.15) is 57.1 Å². The minimum Gasteiger partial charge on any atom is -0.314 e. The number of hydrogen-bond acceptors (Lipinski definition) is 1. The fraction of sp³-hybridized carbons (Fsp3) is 0.647. The number of rotatable bonds is 7. The lowest BCUT2D eigenvalue weighted by Gasteiger charge is -2.35. The molecule has 18 heavy (non-hydrogen) atoms. The summed E-state index contributed by atoms with van der Waals surface area (Å²) in [7, 11) is 0. The van der Waals surface area contributed by atoms with Crippen molar-refractivity contribution >= 4 is 0 Å². The number of benzene rings is 1. The first-order valence-electron chi connectivity index (χ1n) is 7.57. The fourth-order valence-corrected chi connectivity index (χ4v) is 3.01. The van der Waals surface area contributed by atoms with Crippen molar-refractivity contribution < 1.29 is 0 Å². The van der Waals surface area contributed by atoms with E-state index in [0.29, 0.717) is 6.04 Å². The summed E-state index contributed by atoms with van der Waals surface area (Å²) in [5.74, 6) is 1.58. The quantitative estimate of drug-likeness (QED) is 0.761. The van der Waals surface area contributed by atoms with Crippen molar-refractivity contribution in [3.63, 3.8) is 0 Å². The maximum atomic E-state index is 3.75. The Morgan fingerprint density at radius 2 is 2.06 bits per heavy atom. The molecule has 1 aliphatic carbocycles. The van der Waals surface area contributed by atoms with E-state index in [0.717, 1.165) is 18.4 Å². The number of nitrogens with one attached hydrogen (secondary N) is 1. The second kappa shape index (κ2) is 6.38. The molecule has 1 aliphatic rings. The Morgan fingerprint density at radius 1 is 1.28 bits per heavy atom. The van der Waals surface area contributed by atoms with Gasteiger partial charge in [-0.1, -0.05) is 51.5 Å². The third kappa shape index (κ3) is 2.95. The first-order valence-corrected chi connectivity index (χ1v) is 7.57. The van der Waals surface area contributed by atoms with Crippen LogP contribution in [0.4, 0.5) is 0 Å². The third-order valence-corrected chi connectivity index (χ3v) is 4.49. The summed E-state index contributed by atoms with van der Waals surface area (Å²) in [5.41, 5.74) is 3.17. The van der Waals surface area contributed by atoms with Crippen molar-refractivity contribution in [1.82, 2.24) is 5.32 Å². The normalized spacial score (nSPS) is 20.9. The van der Waals surface area contributed by atoms with Crippen LogP contribution in [0.3, 0.4) is 0 Å². The van der Waals surface area contributed by atoms with Gasteiger partial charge in [0.1, 0.15) is 0 Å². The van der Waals surface area contributed by atoms with Gasteiger partial charge in [-0.3, -0.25) is 0 Å². The zero-order valence-corrected chi connectivity index (χ0v) is 12.1. The predicted octanol–water partition coefficient (Wildman–Crippen LogP) is 4.13. The van der Waals surface area contributed by atoms with E-state index < -0.39 is 0 Å². The maximum absolute atomic E-state index is 3.75. The first kappa shape index (κ1) is 13.6. The van der Waals surface area contributed by atoms with Crippen LogP contribution < -0.4 is 5.32 Å². The molecule has 0 amide bonds. The third-order valence-electron chi connectivity index (χ3n) is 4.49. The molecule has 100 valence electrons. The average molecular weight is 245 g/mol. The van der Waals surface area contributed by atoms with Gasteiger partial charge in [0.15, 0.2) is 0 Å². The van der Waals surface area contributed by atoms with Crippen LogP contribution in [-0.4, -0.2) is 12.6 Å². The van der Waals surface area contributed by atoms with Crippen LogP contribution in [0.25, 0.3) is 0 Å². The van der Waals surface area contributed by atoms with E-state index in [9.17, 15) is 0 Å². The van der Waals surface area contributed by atoms with E-state index in [1.807, 2.05) is 0 Å². The van der Waals surface area contributed by atoms with E-state index >= 15 is 0 Å². The summed E-state index contributed by atoms with van der Waals surface area (Å²) in [6.45, 7) is 8.10. The Bertz CT molecular complexity index is 372. The van der Waals surface area contributed by atoms with Gasteiger partial charge in [-0.15, -0.1) is 0 Å². The number of hydrogen-bond donors (Lipinski definition) is 1. The number of fused-ring (bicyclic) bond motifs is 1. The van der Waals surface area contributed by atoms with Crippen molar-refractivity contribution in [3.8, 4) is 0 Å². The summed E-state index contributed by atoms with van der Waals surface area (Å²) < 4.78 is 0. The van der Waals surface area contributed by atoms with Gasteiger partial charge in [-0.2, -0.15) is 0 Å². The second-order valence-electron chi connectivity index (χ2n) is 5.78. The molecule has 3 atom stereocenters. The van der Waals surface area contributed by atoms with Gasteiger partial charge in [0.2, 0.25) is 0 Å². The summed E-state index contributed by atoms with van der Waals surface area (Å²) in [6.07, 6.45) is 5.10. The molecule has 1 aromatic carbocycles. The second-order valence-corrected chi connectivity index (χ2v) is 5.78. The predicted molar refractivity (Wildman–Crippen MR) is 79.0 cm³/mol. The molecule has 0 aliphatic heterocycles. The zero-order valence-electron chi connectivity index (χ0n) is 12.1. The molecule has 0 spiro atoms. The monoisotopic (exact) mass is 245 g/mol. The van der Waals surface area contributed by atoms with Crippen molar-refractivity contribution in [2.24, 2.45) is 5.92 Å². The van der Waals surface area contributed by atoms with Crippen LogP contribution in [0, 0.1) is 5.92 Å². The van der Waals surface area contributed by atoms with E-state index in [2.05, 4.69) is 50.4 Å². The molecule has 0 heterocycles. The lowest BCUT2D eigenvalue weighted by Crippen LogP contribution is -2.38. The molecule has 1 heteroatoms. The Labute approximate surface area is 112 Å². The van der Waals surface area contributed by atoms with Crippen molar-refractivity contribution in [2.45, 2.75) is 58.4 Å². The molecule has 1 nitrogen and oxygen atoms in total. The van der Waals surface area contributed by atoms with Crippen LogP contribution in [0.5, 0.6) is 0 Å². The molecule has 0 radical (unpaired) electrons. The van der Waals surface area contributed by atoms with Crippen LogP contribution >= 0.6 is 0 Å². The maximum Gasteiger partial charge on any atom is 0.00985 e. The Morgan fingerprint density at radius 3 is 2.72 bits per heavy atom. The van der Waals surface area contributed by atoms with Gasteiger partial charge in [-0.25, -0.2) is 0 Å². The highest BCUT2D eigenvalue weighted by atomic mass is 14.9. The fourth-order valence-electron chi connectivity index (χ4n) is 3.01. The zero-order chi connectivity index (χ0) is 13.0. The van der Waals surface area contributed by atoms with E-state index in [4.69, 9.17) is 0 Å². The highest BCUT2D eigenvalue weighted by Gasteiger charge is 2.29. The lowest BCUT2D eigenvalue weighted by molar-refractivity contribution is 0.318. The minimum atomic E-state index is 0.688. The van der Waals surface area contributed by atoms with Crippen LogP contribution in [0.2, 0.25) is 0 Å². The van der Waals surface area contributed by atoms with Gasteiger partial charge in [0, 0.05) is 6.04 Å². The molecule has 0 fully saturated rings. The largest absolute Gasteiger partial charge is 0.314 e. The topological polar surface area (TPSA) is 12.0 Å². The molecular formula is C17H27N. The molecule has 3 unspecified atom stereocenters. The minimum absolute atomic E-state index is 0.688. The summed E-state index contributed by atoms with van der Waals surface area (Å²) >= 11 is 0. The molecule has 0 saturated heterocycles. The highest BCUT2D eigenvalue weighted by Crippen LogP contribution is 2.39. The Hall–Kier alpha value is -0.820. The summed E-state index contributed by atoms with van der Waals surface area (Å²) in [5, 5.41) is 3.75. The first-order chi connectivity index (χ1) is 8.76. The van der Waals surface area contributed by atoms with Gasteiger partial charge in [-0.05, 0) is 48.8 Å². The molecule has 1 N–H and O–H groups in total. The Kier molecular flexibility index (Phi) is 4.82. The standard InChI is InChI=1S/C17H27N/c1-4-10-18-17(13(3)5-2)12-15-11-14-8-6-7-9-16(14)15/h6-9,13,15,17-18H,4-5,10-12H2,1-3H3. The average Bonchev–Trinajstić information content (AvgIpc) is 2.38.